The molecule has 5 aromatic heterocycles. The molecule has 17 nitrogen and oxygen atoms in total. The molecule has 1 amide bonds. The van der Waals surface area contributed by atoms with Crippen molar-refractivity contribution in [2.45, 2.75) is 64.5 Å². The molecule has 3 fully saturated rings. The number of nitrogen functional groups attached to an aromatic ring is 1. The van der Waals surface area contributed by atoms with E-state index >= 15 is 0 Å². The number of rotatable bonds is 10. The number of anilines is 4. The summed E-state index contributed by atoms with van der Waals surface area (Å²) in [6, 6.07) is 21.3. The number of carbonyl (C=O) groups excluding carboxylic acids is 2. The van der Waals surface area contributed by atoms with Crippen molar-refractivity contribution in [3.05, 3.63) is 120 Å². The number of amides is 1. The highest BCUT2D eigenvalue weighted by atomic mass is 16.5. The van der Waals surface area contributed by atoms with Gasteiger partial charge >= 0.3 is 0 Å². The molecule has 338 valence electrons. The Morgan fingerprint density at radius 1 is 0.864 bits per heavy atom. The van der Waals surface area contributed by atoms with Gasteiger partial charge in [-0.25, -0.2) is 24.6 Å². The van der Waals surface area contributed by atoms with Crippen molar-refractivity contribution in [2.75, 3.05) is 55.2 Å². The zero-order valence-electron chi connectivity index (χ0n) is 37.2. The number of likely N-dealkylation sites (tertiary alicyclic amines) is 1. The smallest absolute Gasteiger partial charge is 0.263 e. The third-order valence-electron chi connectivity index (χ3n) is 12.6. The number of aromatic nitrogens is 8. The Balaban J connectivity index is 0.000000166. The summed E-state index contributed by atoms with van der Waals surface area (Å²) in [5.41, 5.74) is 10.8. The maximum atomic E-state index is 13.3. The predicted molar refractivity (Wildman–Crippen MR) is 255 cm³/mol. The van der Waals surface area contributed by atoms with Gasteiger partial charge in [0, 0.05) is 62.5 Å². The molecule has 0 spiro atoms. The molecule has 1 atom stereocenters. The summed E-state index contributed by atoms with van der Waals surface area (Å²) < 4.78 is 9.52. The van der Waals surface area contributed by atoms with E-state index in [9.17, 15) is 14.4 Å². The van der Waals surface area contributed by atoms with Crippen LogP contribution in [-0.4, -0.2) is 95.1 Å². The molecule has 0 radical (unpaired) electrons. The maximum absolute atomic E-state index is 13.3. The van der Waals surface area contributed by atoms with Crippen molar-refractivity contribution in [3.63, 3.8) is 0 Å². The fourth-order valence-corrected chi connectivity index (χ4v) is 9.23. The van der Waals surface area contributed by atoms with E-state index in [1.54, 1.807) is 22.6 Å². The lowest BCUT2D eigenvalue weighted by atomic mass is 10.0. The molecule has 1 aliphatic carbocycles. The summed E-state index contributed by atoms with van der Waals surface area (Å²) in [6.07, 6.45) is 12.1. The monoisotopic (exact) mass is 887 g/mol. The number of hydrogen-bond donors (Lipinski definition) is 3. The van der Waals surface area contributed by atoms with Gasteiger partial charge in [-0.3, -0.25) is 19.0 Å². The second kappa shape index (κ2) is 19.3. The van der Waals surface area contributed by atoms with Crippen LogP contribution >= 0.6 is 0 Å². The largest absolute Gasteiger partial charge is 0.457 e. The number of Topliss-reactive ketones (excluding diaryl/α,β-unsaturated/α-hetero) is 1. The Bertz CT molecular complexity index is 2940. The first-order valence-electron chi connectivity index (χ1n) is 22.5. The molecule has 66 heavy (non-hydrogen) atoms. The second-order valence-electron chi connectivity index (χ2n) is 16.8. The van der Waals surface area contributed by atoms with Crippen LogP contribution in [0.1, 0.15) is 73.5 Å². The van der Waals surface area contributed by atoms with Crippen LogP contribution in [-0.2, 0) is 4.79 Å². The van der Waals surface area contributed by atoms with Gasteiger partial charge in [0.1, 0.15) is 40.8 Å². The number of pyridine rings is 2. The van der Waals surface area contributed by atoms with E-state index in [1.807, 2.05) is 77.6 Å². The number of nitrogens with one attached hydrogen (secondary N) is 2. The highest BCUT2D eigenvalue weighted by molar-refractivity contribution is 6.00. The fraction of sp³-hybridized carbons (Fsp3) is 0.327. The van der Waals surface area contributed by atoms with Crippen molar-refractivity contribution in [3.8, 4) is 22.8 Å². The highest BCUT2D eigenvalue weighted by Gasteiger charge is 2.29. The summed E-state index contributed by atoms with van der Waals surface area (Å²) in [7, 11) is 0. The van der Waals surface area contributed by atoms with E-state index in [0.29, 0.717) is 58.6 Å². The predicted octanol–water partition coefficient (Wildman–Crippen LogP) is 7.18. The number of aryl methyl sites for hydroxylation is 1. The number of piperazine rings is 1. The molecule has 0 bridgehead atoms. The van der Waals surface area contributed by atoms with E-state index < -0.39 is 0 Å². The number of fused-ring (bicyclic) bond motifs is 2. The maximum Gasteiger partial charge on any atom is 0.263 e. The first-order chi connectivity index (χ1) is 32.2. The molecule has 0 unspecified atom stereocenters. The van der Waals surface area contributed by atoms with Gasteiger partial charge in [-0.2, -0.15) is 10.1 Å². The quantitative estimate of drug-likeness (QED) is 0.0920. The van der Waals surface area contributed by atoms with Gasteiger partial charge < -0.3 is 30.9 Å². The van der Waals surface area contributed by atoms with Crippen LogP contribution in [0, 0.1) is 6.92 Å². The summed E-state index contributed by atoms with van der Waals surface area (Å²) in [5.74, 6) is 2.60. The number of ketones is 1. The molecule has 7 heterocycles. The first kappa shape index (κ1) is 43.7. The lowest BCUT2D eigenvalue weighted by molar-refractivity contribution is -0.127. The molecule has 4 N–H and O–H groups in total. The topological polar surface area (TPSA) is 204 Å². The number of carbonyl (C=O) groups is 2. The summed E-state index contributed by atoms with van der Waals surface area (Å²) in [4.78, 5) is 64.3. The summed E-state index contributed by atoms with van der Waals surface area (Å²) in [5, 5.41) is 12.9. The normalized spacial score (nSPS) is 16.5. The number of para-hydroxylation sites is 1. The molecule has 2 aliphatic heterocycles. The number of hydrogen-bond acceptors (Lipinski definition) is 14. The minimum atomic E-state index is -0.248. The van der Waals surface area contributed by atoms with Gasteiger partial charge in [-0.1, -0.05) is 37.6 Å². The van der Waals surface area contributed by atoms with Gasteiger partial charge in [0.2, 0.25) is 11.9 Å². The minimum absolute atomic E-state index is 0.00566. The Hall–Kier alpha value is -7.53. The highest BCUT2D eigenvalue weighted by Crippen LogP contribution is 2.36. The molecule has 7 aromatic rings. The van der Waals surface area contributed by atoms with E-state index in [1.165, 1.54) is 19.3 Å². The van der Waals surface area contributed by atoms with Gasteiger partial charge in [0.25, 0.3) is 5.56 Å². The van der Waals surface area contributed by atoms with E-state index in [-0.39, 0.29) is 34.9 Å². The van der Waals surface area contributed by atoms with Crippen LogP contribution in [0.5, 0.6) is 11.5 Å². The van der Waals surface area contributed by atoms with Crippen LogP contribution in [0.4, 0.5) is 23.3 Å². The Morgan fingerprint density at radius 2 is 1.61 bits per heavy atom. The van der Waals surface area contributed by atoms with Gasteiger partial charge in [-0.05, 0) is 99.7 Å². The van der Waals surface area contributed by atoms with E-state index in [4.69, 9.17) is 20.6 Å². The fourth-order valence-electron chi connectivity index (χ4n) is 9.23. The van der Waals surface area contributed by atoms with E-state index in [2.05, 4.69) is 42.0 Å². The number of nitrogens with two attached hydrogens (primary N) is 1. The lowest BCUT2D eigenvalue weighted by Gasteiger charge is -2.32. The van der Waals surface area contributed by atoms with Crippen molar-refractivity contribution >= 4 is 57.0 Å². The molecule has 2 aromatic carbocycles. The van der Waals surface area contributed by atoms with Crippen LogP contribution < -0.4 is 31.6 Å². The lowest BCUT2D eigenvalue weighted by Crippen LogP contribution is -2.43. The van der Waals surface area contributed by atoms with Crippen molar-refractivity contribution in [1.29, 1.82) is 0 Å². The van der Waals surface area contributed by atoms with Crippen LogP contribution in [0.2, 0.25) is 0 Å². The van der Waals surface area contributed by atoms with Gasteiger partial charge in [-0.15, -0.1) is 0 Å². The zero-order chi connectivity index (χ0) is 45.7. The molecule has 3 aliphatic rings. The minimum Gasteiger partial charge on any atom is -0.457 e. The number of piperidine rings is 1. The third-order valence-corrected chi connectivity index (χ3v) is 12.6. The third kappa shape index (κ3) is 9.06. The summed E-state index contributed by atoms with van der Waals surface area (Å²) in [6.45, 7) is 12.0. The molecular weight excluding hydrogens is 835 g/mol. The molecule has 2 saturated heterocycles. The number of benzene rings is 2. The molecule has 17 heteroatoms. The Labute approximate surface area is 381 Å². The molecule has 1 saturated carbocycles. The molecular formula is C49H53N13O4. The van der Waals surface area contributed by atoms with Crippen molar-refractivity contribution in [2.24, 2.45) is 0 Å². The number of ether oxygens (including phenoxy) is 1. The zero-order valence-corrected chi connectivity index (χ0v) is 37.2. The number of nitrogens with zero attached hydrogens (tertiary/aromatic N) is 10. The van der Waals surface area contributed by atoms with E-state index in [0.717, 1.165) is 92.8 Å². The average molecular weight is 888 g/mol. The second-order valence-corrected chi connectivity index (χ2v) is 16.8. The SMILES string of the molecule is C=CC(=O)N1CCC[C@@H](n2nc(-c3ccc(Oc4ccccc4)cc3)c3c(N)ncnc32)C1.CC(=O)c1c(C)c2cnc(Nc3ccc(N4CCNCC4)cn3)nc2n(C2CCCC2)c1=O. The molecule has 10 rings (SSSR count). The Morgan fingerprint density at radius 3 is 2.32 bits per heavy atom. The van der Waals surface area contributed by atoms with Crippen LogP contribution in [0.3, 0.4) is 0 Å². The standard InChI is InChI=1S/C25H24N6O2.C24H29N7O2/c1-2-21(32)30-14-6-7-18(15-30)31-25-22(24(26)27-16-28-25)23(29-31)17-10-12-20(13-11-17)33-19-8-4-3-5-9-19;1-15-19-14-27-24(28-20-8-7-18(13-26-20)30-11-9-25-10-12-30)29-22(19)31(17-5-3-4-6-17)23(33)21(15)16(2)32/h2-5,8-13,16,18H,1,6-7,14-15H2,(H2,26,27,28);7-8,13-14,17,25H,3-6,9-12H2,1-2H3,(H,26,27,28,29)/t18-;/m1./s1. The van der Waals surface area contributed by atoms with Gasteiger partial charge in [0.05, 0.1) is 28.9 Å². The first-order valence-corrected chi connectivity index (χ1v) is 22.5. The van der Waals surface area contributed by atoms with Crippen LogP contribution in [0.25, 0.3) is 33.3 Å². The van der Waals surface area contributed by atoms with Crippen molar-refractivity contribution in [1.82, 2.24) is 49.5 Å². The Kier molecular flexibility index (Phi) is 12.8. The van der Waals surface area contributed by atoms with Crippen molar-refractivity contribution < 1.29 is 14.3 Å². The summed E-state index contributed by atoms with van der Waals surface area (Å²) >= 11 is 0. The van der Waals surface area contributed by atoms with Crippen LogP contribution in [0.15, 0.2) is 103 Å². The average Bonchev–Trinajstić information content (AvgIpc) is 4.03. The van der Waals surface area contributed by atoms with Gasteiger partial charge in [0.15, 0.2) is 11.4 Å².